The molecule has 0 fully saturated rings. The van der Waals surface area contributed by atoms with Crippen LogP contribution in [0.1, 0.15) is 20.7 Å². The molecule has 8 heteroatoms. The summed E-state index contributed by atoms with van der Waals surface area (Å²) in [5.41, 5.74) is 1.86. The Labute approximate surface area is 168 Å². The molecule has 3 N–H and O–H groups in total. The third kappa shape index (κ3) is 5.07. The Bertz CT molecular complexity index is 1130. The number of rotatable bonds is 6. The maximum atomic E-state index is 12.4. The number of amides is 2. The summed E-state index contributed by atoms with van der Waals surface area (Å²) in [7, 11) is -2.24. The normalized spacial score (nSPS) is 10.9. The lowest BCUT2D eigenvalue weighted by atomic mass is 10.2. The maximum absolute atomic E-state index is 12.4. The van der Waals surface area contributed by atoms with Crippen LogP contribution in [0.2, 0.25) is 0 Å². The predicted octanol–water partition coefficient (Wildman–Crippen LogP) is 3.10. The van der Waals surface area contributed by atoms with Gasteiger partial charge in [0.15, 0.2) is 0 Å². The van der Waals surface area contributed by atoms with Gasteiger partial charge in [-0.1, -0.05) is 24.3 Å². The highest BCUT2D eigenvalue weighted by atomic mass is 32.2. The fraction of sp³-hybridized carbons (Fsp3) is 0.0476. The van der Waals surface area contributed by atoms with E-state index in [4.69, 9.17) is 0 Å². The van der Waals surface area contributed by atoms with Crippen LogP contribution in [-0.4, -0.2) is 27.3 Å². The fourth-order valence-corrected chi connectivity index (χ4v) is 3.30. The smallest absolute Gasteiger partial charge is 0.255 e. The van der Waals surface area contributed by atoms with Crippen molar-refractivity contribution in [2.24, 2.45) is 0 Å². The van der Waals surface area contributed by atoms with Crippen molar-refractivity contribution in [3.8, 4) is 0 Å². The number of carbonyl (C=O) groups is 2. The maximum Gasteiger partial charge on any atom is 0.255 e. The van der Waals surface area contributed by atoms with Crippen molar-refractivity contribution in [3.05, 3.63) is 90.0 Å². The molecular weight excluding hydrogens is 390 g/mol. The van der Waals surface area contributed by atoms with Gasteiger partial charge in [-0.15, -0.1) is 0 Å². The second kappa shape index (κ2) is 8.68. The van der Waals surface area contributed by atoms with Gasteiger partial charge in [0.05, 0.1) is 4.90 Å². The molecule has 0 aliphatic heterocycles. The van der Waals surface area contributed by atoms with Crippen molar-refractivity contribution in [3.63, 3.8) is 0 Å². The molecule has 2 amide bonds. The van der Waals surface area contributed by atoms with E-state index in [0.29, 0.717) is 22.5 Å². The van der Waals surface area contributed by atoms with Crippen LogP contribution in [0.3, 0.4) is 0 Å². The molecule has 7 nitrogen and oxygen atoms in total. The standard InChI is InChI=1S/C21H19N3O4S/c1-22-29(27,28)19-12-10-16(11-13-19)21(26)24-18-9-5-8-17(14-18)23-20(25)15-6-3-2-4-7-15/h2-14,22H,1H3,(H,23,25)(H,24,26). The fourth-order valence-electron chi connectivity index (χ4n) is 2.57. The van der Waals surface area contributed by atoms with E-state index in [9.17, 15) is 18.0 Å². The zero-order valence-electron chi connectivity index (χ0n) is 15.5. The molecule has 0 saturated heterocycles. The van der Waals surface area contributed by atoms with E-state index in [1.165, 1.54) is 31.3 Å². The average molecular weight is 409 g/mol. The predicted molar refractivity (Wildman–Crippen MR) is 111 cm³/mol. The Morgan fingerprint density at radius 2 is 1.21 bits per heavy atom. The van der Waals surface area contributed by atoms with Gasteiger partial charge >= 0.3 is 0 Å². The van der Waals surface area contributed by atoms with E-state index >= 15 is 0 Å². The third-order valence-corrected chi connectivity index (χ3v) is 5.54. The summed E-state index contributed by atoms with van der Waals surface area (Å²) in [5, 5.41) is 5.51. The summed E-state index contributed by atoms with van der Waals surface area (Å²) in [6, 6.07) is 21.1. The van der Waals surface area contributed by atoms with Crippen LogP contribution in [0.25, 0.3) is 0 Å². The van der Waals surface area contributed by atoms with E-state index in [1.54, 1.807) is 48.5 Å². The first-order valence-electron chi connectivity index (χ1n) is 8.70. The first kappa shape index (κ1) is 20.2. The molecule has 3 rings (SSSR count). The molecule has 0 bridgehead atoms. The Kier molecular flexibility index (Phi) is 6.06. The van der Waals surface area contributed by atoms with Crippen LogP contribution in [0, 0.1) is 0 Å². The van der Waals surface area contributed by atoms with E-state index in [0.717, 1.165) is 0 Å². The van der Waals surface area contributed by atoms with Crippen molar-refractivity contribution in [1.29, 1.82) is 0 Å². The van der Waals surface area contributed by atoms with Gasteiger partial charge in [-0.3, -0.25) is 9.59 Å². The largest absolute Gasteiger partial charge is 0.322 e. The Balaban J connectivity index is 1.70. The number of hydrogen-bond acceptors (Lipinski definition) is 4. The van der Waals surface area contributed by atoms with Crippen LogP contribution >= 0.6 is 0 Å². The van der Waals surface area contributed by atoms with Gasteiger partial charge in [-0.25, -0.2) is 13.1 Å². The molecule has 3 aromatic rings. The van der Waals surface area contributed by atoms with Crippen molar-refractivity contribution in [2.75, 3.05) is 17.7 Å². The monoisotopic (exact) mass is 409 g/mol. The second-order valence-corrected chi connectivity index (χ2v) is 7.97. The molecule has 0 radical (unpaired) electrons. The molecule has 0 aliphatic carbocycles. The minimum absolute atomic E-state index is 0.0715. The highest BCUT2D eigenvalue weighted by Gasteiger charge is 2.13. The van der Waals surface area contributed by atoms with Crippen molar-refractivity contribution in [2.45, 2.75) is 4.90 Å². The van der Waals surface area contributed by atoms with Crippen molar-refractivity contribution in [1.82, 2.24) is 4.72 Å². The highest BCUT2D eigenvalue weighted by molar-refractivity contribution is 7.89. The molecule has 0 aliphatic rings. The molecule has 0 spiro atoms. The first-order valence-corrected chi connectivity index (χ1v) is 10.2. The number of sulfonamides is 1. The molecule has 29 heavy (non-hydrogen) atoms. The molecule has 0 unspecified atom stereocenters. The van der Waals surface area contributed by atoms with Gasteiger partial charge in [0.25, 0.3) is 11.8 Å². The molecule has 0 aromatic heterocycles. The van der Waals surface area contributed by atoms with Crippen LogP contribution in [-0.2, 0) is 10.0 Å². The number of hydrogen-bond donors (Lipinski definition) is 3. The van der Waals surface area contributed by atoms with Gasteiger partial charge < -0.3 is 10.6 Å². The molecular formula is C21H19N3O4S. The molecule has 3 aromatic carbocycles. The van der Waals surface area contributed by atoms with Gasteiger partial charge in [0, 0.05) is 22.5 Å². The van der Waals surface area contributed by atoms with Crippen molar-refractivity contribution >= 4 is 33.2 Å². The van der Waals surface area contributed by atoms with Gasteiger partial charge in [-0.05, 0) is 61.6 Å². The summed E-state index contributed by atoms with van der Waals surface area (Å²) in [4.78, 5) is 24.8. The molecule has 0 saturated carbocycles. The van der Waals surface area contributed by atoms with Crippen LogP contribution in [0.5, 0.6) is 0 Å². The Morgan fingerprint density at radius 1 is 0.690 bits per heavy atom. The summed E-state index contributed by atoms with van der Waals surface area (Å²) in [6.45, 7) is 0. The molecule has 0 heterocycles. The third-order valence-electron chi connectivity index (χ3n) is 4.11. The summed E-state index contributed by atoms with van der Waals surface area (Å²) < 4.78 is 25.7. The first-order chi connectivity index (χ1) is 13.9. The molecule has 148 valence electrons. The van der Waals surface area contributed by atoms with Crippen LogP contribution in [0.15, 0.2) is 83.8 Å². The minimum atomic E-state index is -3.56. The summed E-state index contributed by atoms with van der Waals surface area (Å²) in [6.07, 6.45) is 0. The zero-order chi connectivity index (χ0) is 20.9. The number of anilines is 2. The lowest BCUT2D eigenvalue weighted by Crippen LogP contribution is -2.19. The number of nitrogens with one attached hydrogen (secondary N) is 3. The van der Waals surface area contributed by atoms with Crippen molar-refractivity contribution < 1.29 is 18.0 Å². The van der Waals surface area contributed by atoms with Gasteiger partial charge in [0.1, 0.15) is 0 Å². The summed E-state index contributed by atoms with van der Waals surface area (Å²) in [5.74, 6) is -0.652. The second-order valence-electron chi connectivity index (χ2n) is 6.09. The SMILES string of the molecule is CNS(=O)(=O)c1ccc(C(=O)Nc2cccc(NC(=O)c3ccccc3)c2)cc1. The lowest BCUT2D eigenvalue weighted by molar-refractivity contribution is 0.101. The molecule has 0 atom stereocenters. The average Bonchev–Trinajstić information content (AvgIpc) is 2.74. The highest BCUT2D eigenvalue weighted by Crippen LogP contribution is 2.18. The van der Waals surface area contributed by atoms with E-state index < -0.39 is 15.9 Å². The van der Waals surface area contributed by atoms with E-state index in [1.807, 2.05) is 6.07 Å². The van der Waals surface area contributed by atoms with Gasteiger partial charge in [0.2, 0.25) is 10.0 Å². The lowest BCUT2D eigenvalue weighted by Gasteiger charge is -2.09. The quantitative estimate of drug-likeness (QED) is 0.582. The summed E-state index contributed by atoms with van der Waals surface area (Å²) >= 11 is 0. The Hall–Kier alpha value is -3.49. The van der Waals surface area contributed by atoms with Gasteiger partial charge in [-0.2, -0.15) is 0 Å². The number of carbonyl (C=O) groups excluding carboxylic acids is 2. The minimum Gasteiger partial charge on any atom is -0.322 e. The van der Waals surface area contributed by atoms with E-state index in [-0.39, 0.29) is 10.8 Å². The topological polar surface area (TPSA) is 104 Å². The van der Waals surface area contributed by atoms with Crippen LogP contribution < -0.4 is 15.4 Å². The van der Waals surface area contributed by atoms with Crippen LogP contribution in [0.4, 0.5) is 11.4 Å². The van der Waals surface area contributed by atoms with E-state index in [2.05, 4.69) is 15.4 Å². The number of benzene rings is 3. The zero-order valence-corrected chi connectivity index (χ0v) is 16.4. The Morgan fingerprint density at radius 3 is 1.72 bits per heavy atom.